The Morgan fingerprint density at radius 2 is 1.86 bits per heavy atom. The number of rotatable bonds is 6. The number of benzene rings is 1. The molecule has 1 aromatic rings. The van der Waals surface area contributed by atoms with Crippen LogP contribution in [-0.4, -0.2) is 30.1 Å². The van der Waals surface area contributed by atoms with Gasteiger partial charge in [0.05, 0.1) is 0 Å². The third kappa shape index (κ3) is 4.48. The number of hydrogen-bond donors (Lipinski definition) is 3. The molecule has 1 aromatic carbocycles. The Hall–Kier alpha value is -2.04. The highest BCUT2D eigenvalue weighted by Gasteiger charge is 2.39. The lowest BCUT2D eigenvalue weighted by Gasteiger charge is -2.17. The van der Waals surface area contributed by atoms with Crippen LogP contribution in [0.5, 0.6) is 0 Å². The molecule has 3 N–H and O–H groups in total. The zero-order valence-corrected chi connectivity index (χ0v) is 13.4. The third-order valence-corrected chi connectivity index (χ3v) is 4.08. The molecule has 0 spiro atoms. The third-order valence-electron chi connectivity index (χ3n) is 4.08. The molecule has 0 bridgehead atoms. The van der Waals surface area contributed by atoms with E-state index in [4.69, 9.17) is 0 Å². The van der Waals surface area contributed by atoms with E-state index in [1.54, 1.807) is 6.92 Å². The van der Waals surface area contributed by atoms with Gasteiger partial charge in [0.2, 0.25) is 5.91 Å². The van der Waals surface area contributed by atoms with Gasteiger partial charge in [-0.25, -0.2) is 4.79 Å². The number of carbonyl (C=O) groups is 2. The van der Waals surface area contributed by atoms with Crippen LogP contribution >= 0.6 is 0 Å². The molecule has 1 aliphatic carbocycles. The molecule has 22 heavy (non-hydrogen) atoms. The van der Waals surface area contributed by atoms with Crippen LogP contribution in [0, 0.1) is 0 Å². The van der Waals surface area contributed by atoms with Gasteiger partial charge in [-0.15, -0.1) is 0 Å². The molecule has 120 valence electrons. The van der Waals surface area contributed by atoms with E-state index in [1.165, 1.54) is 5.56 Å². The Labute approximate surface area is 131 Å². The van der Waals surface area contributed by atoms with E-state index in [2.05, 4.69) is 28.1 Å². The van der Waals surface area contributed by atoms with Crippen molar-refractivity contribution in [3.63, 3.8) is 0 Å². The standard InChI is InChI=1S/C17H25N3O2/c1-4-11(2)18-16(21)12(3)19-17(22)20-15-10-14(15)13-8-6-5-7-9-13/h5-9,11-12,14-15H,4,10H2,1-3H3,(H,18,21)(H2,19,20,22)/t11-,12-,14-,15-/m0/s1. The molecule has 0 heterocycles. The van der Waals surface area contributed by atoms with Crippen LogP contribution in [0.4, 0.5) is 4.79 Å². The van der Waals surface area contributed by atoms with Crippen LogP contribution in [0.15, 0.2) is 30.3 Å². The molecule has 3 amide bonds. The van der Waals surface area contributed by atoms with Gasteiger partial charge in [-0.2, -0.15) is 0 Å². The van der Waals surface area contributed by atoms with Gasteiger partial charge in [0.25, 0.3) is 0 Å². The topological polar surface area (TPSA) is 70.2 Å². The molecular weight excluding hydrogens is 278 g/mol. The highest BCUT2D eigenvalue weighted by molar-refractivity contribution is 5.87. The van der Waals surface area contributed by atoms with Crippen molar-refractivity contribution in [1.82, 2.24) is 16.0 Å². The quantitative estimate of drug-likeness (QED) is 0.753. The molecule has 4 atom stereocenters. The van der Waals surface area contributed by atoms with Crippen LogP contribution < -0.4 is 16.0 Å². The molecule has 0 aliphatic heterocycles. The summed E-state index contributed by atoms with van der Waals surface area (Å²) in [7, 11) is 0. The van der Waals surface area contributed by atoms with Crippen LogP contribution in [0.2, 0.25) is 0 Å². The van der Waals surface area contributed by atoms with Crippen molar-refractivity contribution in [2.75, 3.05) is 0 Å². The Morgan fingerprint density at radius 1 is 1.18 bits per heavy atom. The van der Waals surface area contributed by atoms with Crippen molar-refractivity contribution in [3.8, 4) is 0 Å². The van der Waals surface area contributed by atoms with Gasteiger partial charge >= 0.3 is 6.03 Å². The fourth-order valence-corrected chi connectivity index (χ4v) is 2.37. The second-order valence-electron chi connectivity index (χ2n) is 6.02. The summed E-state index contributed by atoms with van der Waals surface area (Å²) in [6, 6.07) is 9.60. The molecule has 5 nitrogen and oxygen atoms in total. The highest BCUT2D eigenvalue weighted by atomic mass is 16.2. The van der Waals surface area contributed by atoms with Gasteiger partial charge in [0, 0.05) is 18.0 Å². The van der Waals surface area contributed by atoms with E-state index in [9.17, 15) is 9.59 Å². The van der Waals surface area contributed by atoms with E-state index < -0.39 is 6.04 Å². The molecule has 5 heteroatoms. The first-order chi connectivity index (χ1) is 10.5. The van der Waals surface area contributed by atoms with Gasteiger partial charge < -0.3 is 16.0 Å². The average molecular weight is 303 g/mol. The lowest BCUT2D eigenvalue weighted by molar-refractivity contribution is -0.123. The summed E-state index contributed by atoms with van der Waals surface area (Å²) in [5, 5.41) is 8.47. The molecule has 1 saturated carbocycles. The summed E-state index contributed by atoms with van der Waals surface area (Å²) in [6.45, 7) is 5.64. The van der Waals surface area contributed by atoms with Gasteiger partial charge in [0.1, 0.15) is 6.04 Å². The zero-order chi connectivity index (χ0) is 16.1. The second kappa shape index (κ2) is 7.29. The predicted molar refractivity (Wildman–Crippen MR) is 86.6 cm³/mol. The van der Waals surface area contributed by atoms with Crippen molar-refractivity contribution in [2.24, 2.45) is 0 Å². The van der Waals surface area contributed by atoms with Crippen molar-refractivity contribution in [1.29, 1.82) is 0 Å². The molecule has 2 rings (SSSR count). The zero-order valence-electron chi connectivity index (χ0n) is 13.4. The van der Waals surface area contributed by atoms with E-state index in [0.717, 1.165) is 12.8 Å². The molecule has 0 saturated heterocycles. The summed E-state index contributed by atoms with van der Waals surface area (Å²) in [5.41, 5.74) is 1.25. The Morgan fingerprint density at radius 3 is 2.50 bits per heavy atom. The van der Waals surface area contributed by atoms with Crippen LogP contribution in [0.3, 0.4) is 0 Å². The summed E-state index contributed by atoms with van der Waals surface area (Å²) in [5.74, 6) is 0.233. The van der Waals surface area contributed by atoms with Crippen molar-refractivity contribution in [2.45, 2.75) is 57.7 Å². The lowest BCUT2D eigenvalue weighted by Crippen LogP contribution is -2.50. The lowest BCUT2D eigenvalue weighted by atomic mass is 10.1. The maximum atomic E-state index is 11.9. The van der Waals surface area contributed by atoms with E-state index in [0.29, 0.717) is 5.92 Å². The molecule has 1 fully saturated rings. The van der Waals surface area contributed by atoms with Crippen LogP contribution in [0.25, 0.3) is 0 Å². The number of hydrogen-bond acceptors (Lipinski definition) is 2. The predicted octanol–water partition coefficient (Wildman–Crippen LogP) is 2.14. The number of nitrogens with one attached hydrogen (secondary N) is 3. The van der Waals surface area contributed by atoms with Crippen molar-refractivity contribution in [3.05, 3.63) is 35.9 Å². The van der Waals surface area contributed by atoms with Crippen LogP contribution in [-0.2, 0) is 4.79 Å². The maximum absolute atomic E-state index is 11.9. The van der Waals surface area contributed by atoms with E-state index in [1.807, 2.05) is 32.0 Å². The number of carbonyl (C=O) groups excluding carboxylic acids is 2. The van der Waals surface area contributed by atoms with E-state index in [-0.39, 0.29) is 24.0 Å². The monoisotopic (exact) mass is 303 g/mol. The Balaban J connectivity index is 1.74. The minimum Gasteiger partial charge on any atom is -0.352 e. The minimum atomic E-state index is -0.539. The molecular formula is C17H25N3O2. The first kappa shape index (κ1) is 16.3. The van der Waals surface area contributed by atoms with Crippen LogP contribution in [0.1, 0.15) is 45.1 Å². The first-order valence-corrected chi connectivity index (χ1v) is 7.93. The minimum absolute atomic E-state index is 0.116. The van der Waals surface area contributed by atoms with Crippen molar-refractivity contribution >= 4 is 11.9 Å². The fraction of sp³-hybridized carbons (Fsp3) is 0.529. The van der Waals surface area contributed by atoms with Gasteiger partial charge in [-0.1, -0.05) is 37.3 Å². The van der Waals surface area contributed by atoms with E-state index >= 15 is 0 Å². The second-order valence-corrected chi connectivity index (χ2v) is 6.02. The summed E-state index contributed by atoms with van der Waals surface area (Å²) < 4.78 is 0. The first-order valence-electron chi connectivity index (χ1n) is 7.93. The molecule has 0 aromatic heterocycles. The molecule has 0 radical (unpaired) electrons. The Bertz CT molecular complexity index is 518. The SMILES string of the molecule is CC[C@H](C)NC(=O)[C@H](C)NC(=O)N[C@H]1C[C@H]1c1ccccc1. The number of urea groups is 1. The summed E-state index contributed by atoms with van der Waals surface area (Å²) in [4.78, 5) is 23.8. The normalized spacial score (nSPS) is 22.3. The van der Waals surface area contributed by atoms with Gasteiger partial charge in [-0.3, -0.25) is 4.79 Å². The fourth-order valence-electron chi connectivity index (χ4n) is 2.37. The summed E-state index contributed by atoms with van der Waals surface area (Å²) in [6.07, 6.45) is 1.82. The smallest absolute Gasteiger partial charge is 0.315 e. The summed E-state index contributed by atoms with van der Waals surface area (Å²) >= 11 is 0. The average Bonchev–Trinajstić information content (AvgIpc) is 3.26. The van der Waals surface area contributed by atoms with Gasteiger partial charge in [0.15, 0.2) is 0 Å². The largest absolute Gasteiger partial charge is 0.352 e. The highest BCUT2D eigenvalue weighted by Crippen LogP contribution is 2.40. The number of amides is 3. The molecule has 0 unspecified atom stereocenters. The Kier molecular flexibility index (Phi) is 5.41. The molecule has 1 aliphatic rings. The van der Waals surface area contributed by atoms with Gasteiger partial charge in [-0.05, 0) is 32.3 Å². The maximum Gasteiger partial charge on any atom is 0.315 e. The van der Waals surface area contributed by atoms with Crippen molar-refractivity contribution < 1.29 is 9.59 Å².